The fraction of sp³-hybridized carbons (Fsp3) is 0.400. The van der Waals surface area contributed by atoms with Gasteiger partial charge < -0.3 is 5.32 Å². The maximum absolute atomic E-state index is 5.13. The fourth-order valence-electron chi connectivity index (χ4n) is 1.68. The topological polar surface area (TPSA) is 12.0 Å². The molecular formula is C15H21NS. The molecule has 0 saturated heterocycles. The molecule has 1 N–H and O–H groups in total. The maximum atomic E-state index is 5.13. The first kappa shape index (κ1) is 13.9. The molecule has 1 rings (SSSR count). The van der Waals surface area contributed by atoms with Gasteiger partial charge in [0.05, 0.1) is 4.99 Å². The van der Waals surface area contributed by atoms with Crippen LogP contribution in [0.3, 0.4) is 0 Å². The predicted octanol–water partition coefficient (Wildman–Crippen LogP) is 4.33. The van der Waals surface area contributed by atoms with E-state index in [0.717, 1.165) is 29.9 Å². The standard InChI is InChI=1S/C15H21NS/c1-4-6-10-15(16-12(3)17)14-9-7-8-13(5-2)11-14/h7-11H,4-6H2,1-3H3,(H,16,17)/b15-10-. The van der Waals surface area contributed by atoms with Crippen LogP contribution in [0.2, 0.25) is 0 Å². The van der Waals surface area contributed by atoms with Crippen molar-refractivity contribution >= 4 is 22.9 Å². The summed E-state index contributed by atoms with van der Waals surface area (Å²) >= 11 is 5.13. The number of thiocarbonyl (C=S) groups is 1. The second kappa shape index (κ2) is 7.23. The molecular weight excluding hydrogens is 226 g/mol. The second-order valence-electron chi connectivity index (χ2n) is 4.14. The van der Waals surface area contributed by atoms with Crippen molar-refractivity contribution in [3.05, 3.63) is 41.5 Å². The molecule has 0 radical (unpaired) electrons. The molecule has 0 atom stereocenters. The predicted molar refractivity (Wildman–Crippen MR) is 80.1 cm³/mol. The van der Waals surface area contributed by atoms with Gasteiger partial charge in [-0.3, -0.25) is 0 Å². The quantitative estimate of drug-likeness (QED) is 0.777. The third-order valence-electron chi connectivity index (χ3n) is 2.59. The Bertz CT molecular complexity index is 407. The number of benzene rings is 1. The first-order chi connectivity index (χ1) is 8.17. The Kier molecular flexibility index (Phi) is 5.92. The van der Waals surface area contributed by atoms with Gasteiger partial charge in [-0.05, 0) is 37.0 Å². The van der Waals surface area contributed by atoms with Crippen molar-refractivity contribution in [2.45, 2.75) is 40.0 Å². The number of hydrogen-bond acceptors (Lipinski definition) is 1. The summed E-state index contributed by atoms with van der Waals surface area (Å²) in [5.74, 6) is 0. The third-order valence-corrected chi connectivity index (χ3v) is 2.70. The summed E-state index contributed by atoms with van der Waals surface area (Å²) in [5, 5.41) is 3.27. The molecule has 1 nitrogen and oxygen atoms in total. The van der Waals surface area contributed by atoms with E-state index >= 15 is 0 Å². The molecule has 2 heteroatoms. The first-order valence-electron chi connectivity index (χ1n) is 6.24. The van der Waals surface area contributed by atoms with E-state index in [-0.39, 0.29) is 0 Å². The van der Waals surface area contributed by atoms with Crippen molar-refractivity contribution in [2.75, 3.05) is 0 Å². The van der Waals surface area contributed by atoms with E-state index in [1.54, 1.807) is 0 Å². The van der Waals surface area contributed by atoms with Crippen LogP contribution in [-0.4, -0.2) is 4.99 Å². The fourth-order valence-corrected chi connectivity index (χ4v) is 1.79. The van der Waals surface area contributed by atoms with Crippen LogP contribution in [0.5, 0.6) is 0 Å². The summed E-state index contributed by atoms with van der Waals surface area (Å²) in [6, 6.07) is 8.62. The summed E-state index contributed by atoms with van der Waals surface area (Å²) in [6.45, 7) is 6.27. The van der Waals surface area contributed by atoms with Gasteiger partial charge in [0.15, 0.2) is 0 Å². The summed E-state index contributed by atoms with van der Waals surface area (Å²) in [7, 11) is 0. The molecule has 0 bridgehead atoms. The zero-order valence-corrected chi connectivity index (χ0v) is 11.7. The van der Waals surface area contributed by atoms with Crippen LogP contribution in [0.4, 0.5) is 0 Å². The normalized spacial score (nSPS) is 11.4. The van der Waals surface area contributed by atoms with E-state index in [2.05, 4.69) is 49.5 Å². The molecule has 0 heterocycles. The highest BCUT2D eigenvalue weighted by Gasteiger charge is 2.02. The van der Waals surface area contributed by atoms with Crippen molar-refractivity contribution in [3.8, 4) is 0 Å². The highest BCUT2D eigenvalue weighted by Crippen LogP contribution is 2.15. The van der Waals surface area contributed by atoms with Gasteiger partial charge in [0, 0.05) is 5.70 Å². The lowest BCUT2D eigenvalue weighted by Gasteiger charge is -2.11. The van der Waals surface area contributed by atoms with E-state index in [9.17, 15) is 0 Å². The number of rotatable bonds is 5. The van der Waals surface area contributed by atoms with E-state index in [1.165, 1.54) is 11.1 Å². The van der Waals surface area contributed by atoms with Gasteiger partial charge in [-0.15, -0.1) is 0 Å². The Morgan fingerprint density at radius 1 is 1.35 bits per heavy atom. The lowest BCUT2D eigenvalue weighted by Crippen LogP contribution is -2.16. The first-order valence-corrected chi connectivity index (χ1v) is 6.65. The average molecular weight is 247 g/mol. The molecule has 0 amide bonds. The van der Waals surface area contributed by atoms with Crippen LogP contribution in [0.25, 0.3) is 5.70 Å². The Labute approximate surface area is 110 Å². The summed E-state index contributed by atoms with van der Waals surface area (Å²) in [5.41, 5.74) is 3.71. The van der Waals surface area contributed by atoms with Crippen molar-refractivity contribution in [2.24, 2.45) is 0 Å². The van der Waals surface area contributed by atoms with Gasteiger partial charge in [0.2, 0.25) is 0 Å². The molecule has 0 spiro atoms. The van der Waals surface area contributed by atoms with Crippen LogP contribution < -0.4 is 5.32 Å². The number of unbranched alkanes of at least 4 members (excludes halogenated alkanes) is 1. The molecule has 1 aromatic rings. The molecule has 0 aliphatic rings. The zero-order chi connectivity index (χ0) is 12.7. The largest absolute Gasteiger partial charge is 0.350 e. The Morgan fingerprint density at radius 2 is 2.12 bits per heavy atom. The van der Waals surface area contributed by atoms with Crippen LogP contribution in [0.15, 0.2) is 30.3 Å². The van der Waals surface area contributed by atoms with Crippen molar-refractivity contribution in [3.63, 3.8) is 0 Å². The molecule has 0 aliphatic carbocycles. The minimum Gasteiger partial charge on any atom is -0.350 e. The van der Waals surface area contributed by atoms with E-state index in [4.69, 9.17) is 12.2 Å². The summed E-state index contributed by atoms with van der Waals surface area (Å²) < 4.78 is 0. The minimum atomic E-state index is 0.814. The van der Waals surface area contributed by atoms with Gasteiger partial charge in [0.25, 0.3) is 0 Å². The molecule has 0 unspecified atom stereocenters. The van der Waals surface area contributed by atoms with Crippen molar-refractivity contribution in [1.82, 2.24) is 5.32 Å². The third kappa shape index (κ3) is 4.70. The minimum absolute atomic E-state index is 0.814. The Morgan fingerprint density at radius 3 is 2.71 bits per heavy atom. The Balaban J connectivity index is 2.98. The number of nitrogens with one attached hydrogen (secondary N) is 1. The number of aryl methyl sites for hydroxylation is 1. The van der Waals surface area contributed by atoms with Gasteiger partial charge in [-0.2, -0.15) is 0 Å². The molecule has 17 heavy (non-hydrogen) atoms. The van der Waals surface area contributed by atoms with Crippen molar-refractivity contribution in [1.29, 1.82) is 0 Å². The van der Waals surface area contributed by atoms with Crippen LogP contribution >= 0.6 is 12.2 Å². The summed E-state index contributed by atoms with van der Waals surface area (Å²) in [4.78, 5) is 0.814. The monoisotopic (exact) mass is 247 g/mol. The molecule has 92 valence electrons. The van der Waals surface area contributed by atoms with Crippen molar-refractivity contribution < 1.29 is 0 Å². The van der Waals surface area contributed by atoms with Gasteiger partial charge in [-0.1, -0.05) is 56.8 Å². The smallest absolute Gasteiger partial charge is 0.0765 e. The zero-order valence-electron chi connectivity index (χ0n) is 10.9. The maximum Gasteiger partial charge on any atom is 0.0765 e. The van der Waals surface area contributed by atoms with E-state index < -0.39 is 0 Å². The SMILES string of the molecule is CCC/C=C(\NC(C)=S)c1cccc(CC)c1. The van der Waals surface area contributed by atoms with Gasteiger partial charge in [-0.25, -0.2) is 0 Å². The van der Waals surface area contributed by atoms with Gasteiger partial charge in [0.1, 0.15) is 0 Å². The lowest BCUT2D eigenvalue weighted by atomic mass is 10.1. The number of allylic oxidation sites excluding steroid dienone is 1. The second-order valence-corrected chi connectivity index (χ2v) is 4.75. The molecule has 1 aromatic carbocycles. The van der Waals surface area contributed by atoms with Crippen LogP contribution in [0.1, 0.15) is 44.7 Å². The van der Waals surface area contributed by atoms with Crippen LogP contribution in [0, 0.1) is 0 Å². The Hall–Kier alpha value is -1.15. The van der Waals surface area contributed by atoms with E-state index in [0.29, 0.717) is 0 Å². The highest BCUT2D eigenvalue weighted by atomic mass is 32.1. The van der Waals surface area contributed by atoms with E-state index in [1.807, 2.05) is 6.92 Å². The molecule has 0 aliphatic heterocycles. The molecule has 0 fully saturated rings. The molecule has 0 aromatic heterocycles. The number of hydrogen-bond donors (Lipinski definition) is 1. The van der Waals surface area contributed by atoms with Gasteiger partial charge >= 0.3 is 0 Å². The van der Waals surface area contributed by atoms with Crippen LogP contribution in [-0.2, 0) is 6.42 Å². The summed E-state index contributed by atoms with van der Waals surface area (Å²) in [6.07, 6.45) is 5.51. The average Bonchev–Trinajstić information content (AvgIpc) is 2.34. The molecule has 0 saturated carbocycles. The lowest BCUT2D eigenvalue weighted by molar-refractivity contribution is 0.955. The highest BCUT2D eigenvalue weighted by molar-refractivity contribution is 7.80.